The number of thiazole rings is 1. The van der Waals surface area contributed by atoms with Crippen LogP contribution < -0.4 is 10.6 Å². The van der Waals surface area contributed by atoms with E-state index in [4.69, 9.17) is 9.15 Å². The van der Waals surface area contributed by atoms with Crippen LogP contribution in [0.15, 0.2) is 34.0 Å². The van der Waals surface area contributed by atoms with Gasteiger partial charge in [0.25, 0.3) is 0 Å². The Morgan fingerprint density at radius 2 is 2.28 bits per heavy atom. The van der Waals surface area contributed by atoms with Gasteiger partial charge in [0.1, 0.15) is 12.4 Å². The SMILES string of the molecule is CCNC(=NCCCOCc1ccco1)NCCc1ncc(CC)s1. The summed E-state index contributed by atoms with van der Waals surface area (Å²) in [6.45, 7) is 7.81. The number of nitrogens with zero attached hydrogens (tertiary/aromatic N) is 2. The molecule has 6 nitrogen and oxygen atoms in total. The molecule has 0 aliphatic rings. The van der Waals surface area contributed by atoms with Gasteiger partial charge in [0.2, 0.25) is 0 Å². The van der Waals surface area contributed by atoms with Crippen molar-refractivity contribution in [3.63, 3.8) is 0 Å². The Hall–Kier alpha value is -1.86. The minimum atomic E-state index is 0.516. The number of aliphatic imine (C=N–C) groups is 1. The molecule has 0 aliphatic carbocycles. The molecule has 25 heavy (non-hydrogen) atoms. The van der Waals surface area contributed by atoms with Crippen molar-refractivity contribution in [2.75, 3.05) is 26.2 Å². The van der Waals surface area contributed by atoms with E-state index in [2.05, 4.69) is 34.5 Å². The summed E-state index contributed by atoms with van der Waals surface area (Å²) >= 11 is 1.79. The van der Waals surface area contributed by atoms with E-state index in [1.54, 1.807) is 17.6 Å². The molecular formula is C18H28N4O2S. The number of rotatable bonds is 11. The molecule has 138 valence electrons. The number of ether oxygens (including phenoxy) is 1. The first-order valence-corrected chi connectivity index (χ1v) is 9.69. The van der Waals surface area contributed by atoms with E-state index in [1.807, 2.05) is 18.3 Å². The third-order valence-electron chi connectivity index (χ3n) is 3.47. The molecule has 0 atom stereocenters. The Morgan fingerprint density at radius 1 is 1.36 bits per heavy atom. The second kappa shape index (κ2) is 11.7. The monoisotopic (exact) mass is 364 g/mol. The Bertz CT molecular complexity index is 610. The molecule has 2 heterocycles. The Morgan fingerprint density at radius 3 is 3.00 bits per heavy atom. The van der Waals surface area contributed by atoms with E-state index in [0.717, 1.165) is 50.6 Å². The van der Waals surface area contributed by atoms with Gasteiger partial charge in [0.05, 0.1) is 11.3 Å². The summed E-state index contributed by atoms with van der Waals surface area (Å²) in [6, 6.07) is 3.78. The molecule has 2 aromatic heterocycles. The number of aryl methyl sites for hydroxylation is 1. The van der Waals surface area contributed by atoms with Crippen LogP contribution >= 0.6 is 11.3 Å². The normalized spacial score (nSPS) is 11.7. The topological polar surface area (TPSA) is 71.7 Å². The highest BCUT2D eigenvalue weighted by molar-refractivity contribution is 7.11. The molecule has 0 unspecified atom stereocenters. The van der Waals surface area contributed by atoms with Gasteiger partial charge in [-0.1, -0.05) is 6.92 Å². The predicted molar refractivity (Wildman–Crippen MR) is 102 cm³/mol. The fourth-order valence-electron chi connectivity index (χ4n) is 2.18. The van der Waals surface area contributed by atoms with Gasteiger partial charge in [0, 0.05) is 43.7 Å². The largest absolute Gasteiger partial charge is 0.467 e. The van der Waals surface area contributed by atoms with Gasteiger partial charge in [-0.25, -0.2) is 4.98 Å². The molecule has 0 bridgehead atoms. The van der Waals surface area contributed by atoms with Gasteiger partial charge >= 0.3 is 0 Å². The third kappa shape index (κ3) is 7.70. The van der Waals surface area contributed by atoms with Crippen molar-refractivity contribution in [3.05, 3.63) is 40.2 Å². The summed E-state index contributed by atoms with van der Waals surface area (Å²) in [7, 11) is 0. The first-order valence-electron chi connectivity index (χ1n) is 8.87. The van der Waals surface area contributed by atoms with E-state index >= 15 is 0 Å². The van der Waals surface area contributed by atoms with Crippen molar-refractivity contribution < 1.29 is 9.15 Å². The van der Waals surface area contributed by atoms with Crippen LogP contribution in [0.1, 0.15) is 35.9 Å². The lowest BCUT2D eigenvalue weighted by atomic mass is 10.4. The highest BCUT2D eigenvalue weighted by Gasteiger charge is 2.02. The van der Waals surface area contributed by atoms with Crippen LogP contribution in [-0.2, 0) is 24.2 Å². The quantitative estimate of drug-likeness (QED) is 0.364. The smallest absolute Gasteiger partial charge is 0.191 e. The first kappa shape index (κ1) is 19.5. The van der Waals surface area contributed by atoms with Crippen LogP contribution in [0.4, 0.5) is 0 Å². The molecule has 7 heteroatoms. The summed E-state index contributed by atoms with van der Waals surface area (Å²) in [5, 5.41) is 7.80. The summed E-state index contributed by atoms with van der Waals surface area (Å²) in [5.41, 5.74) is 0. The Labute approximate surface area is 153 Å². The average Bonchev–Trinajstić information content (AvgIpc) is 3.29. The summed E-state index contributed by atoms with van der Waals surface area (Å²) in [6.07, 6.45) is 6.48. The fourth-order valence-corrected chi connectivity index (χ4v) is 3.04. The van der Waals surface area contributed by atoms with E-state index in [1.165, 1.54) is 9.88 Å². The predicted octanol–water partition coefficient (Wildman–Crippen LogP) is 3.00. The number of guanidine groups is 1. The summed E-state index contributed by atoms with van der Waals surface area (Å²) in [4.78, 5) is 10.4. The molecule has 2 aromatic rings. The molecule has 0 aromatic carbocycles. The lowest BCUT2D eigenvalue weighted by Gasteiger charge is -2.10. The summed E-state index contributed by atoms with van der Waals surface area (Å²) < 4.78 is 10.8. The molecule has 0 radical (unpaired) electrons. The molecule has 2 rings (SSSR count). The van der Waals surface area contributed by atoms with Gasteiger partial charge in [-0.05, 0) is 31.9 Å². The highest BCUT2D eigenvalue weighted by atomic mass is 32.1. The zero-order valence-corrected chi connectivity index (χ0v) is 15.9. The minimum Gasteiger partial charge on any atom is -0.467 e. The van der Waals surface area contributed by atoms with Crippen LogP contribution in [0.2, 0.25) is 0 Å². The zero-order valence-electron chi connectivity index (χ0n) is 15.1. The Kier molecular flexibility index (Phi) is 9.07. The summed E-state index contributed by atoms with van der Waals surface area (Å²) in [5.74, 6) is 1.70. The third-order valence-corrected chi connectivity index (χ3v) is 4.67. The second-order valence-electron chi connectivity index (χ2n) is 5.50. The van der Waals surface area contributed by atoms with Crippen molar-refractivity contribution in [1.82, 2.24) is 15.6 Å². The van der Waals surface area contributed by atoms with Crippen molar-refractivity contribution in [1.29, 1.82) is 0 Å². The molecule has 0 saturated carbocycles. The van der Waals surface area contributed by atoms with Gasteiger partial charge in [-0.3, -0.25) is 4.99 Å². The van der Waals surface area contributed by atoms with Crippen molar-refractivity contribution in [2.24, 2.45) is 4.99 Å². The van der Waals surface area contributed by atoms with Crippen LogP contribution in [0.25, 0.3) is 0 Å². The van der Waals surface area contributed by atoms with E-state index in [-0.39, 0.29) is 0 Å². The maximum Gasteiger partial charge on any atom is 0.191 e. The van der Waals surface area contributed by atoms with Gasteiger partial charge in [-0.15, -0.1) is 11.3 Å². The van der Waals surface area contributed by atoms with Crippen LogP contribution in [-0.4, -0.2) is 37.2 Å². The van der Waals surface area contributed by atoms with Crippen LogP contribution in [0, 0.1) is 0 Å². The molecule has 0 saturated heterocycles. The van der Waals surface area contributed by atoms with Crippen molar-refractivity contribution in [2.45, 2.75) is 39.7 Å². The molecular weight excluding hydrogens is 336 g/mol. The van der Waals surface area contributed by atoms with Gasteiger partial charge in [-0.2, -0.15) is 0 Å². The standard InChI is InChI=1S/C18H28N4O2S/c1-3-16-13-22-17(25-16)8-10-21-18(19-4-2)20-9-6-11-23-14-15-7-5-12-24-15/h5,7,12-13H,3-4,6,8-11,14H2,1-2H3,(H2,19,20,21). The van der Waals surface area contributed by atoms with Crippen LogP contribution in [0.3, 0.4) is 0 Å². The van der Waals surface area contributed by atoms with E-state index < -0.39 is 0 Å². The number of furan rings is 1. The molecule has 0 fully saturated rings. The maximum absolute atomic E-state index is 5.56. The first-order chi connectivity index (χ1) is 12.3. The average molecular weight is 365 g/mol. The molecule has 2 N–H and O–H groups in total. The second-order valence-corrected chi connectivity index (χ2v) is 6.70. The maximum atomic E-state index is 5.56. The lowest BCUT2D eigenvalue weighted by Crippen LogP contribution is -2.38. The number of hydrogen-bond donors (Lipinski definition) is 2. The number of nitrogens with one attached hydrogen (secondary N) is 2. The van der Waals surface area contributed by atoms with Gasteiger partial charge in [0.15, 0.2) is 5.96 Å². The number of aromatic nitrogens is 1. The molecule has 0 spiro atoms. The van der Waals surface area contributed by atoms with E-state index in [0.29, 0.717) is 13.2 Å². The van der Waals surface area contributed by atoms with Crippen molar-refractivity contribution >= 4 is 17.3 Å². The highest BCUT2D eigenvalue weighted by Crippen LogP contribution is 2.13. The lowest BCUT2D eigenvalue weighted by molar-refractivity contribution is 0.105. The zero-order chi connectivity index (χ0) is 17.7. The molecule has 0 aliphatic heterocycles. The minimum absolute atomic E-state index is 0.516. The van der Waals surface area contributed by atoms with Crippen LogP contribution in [0.5, 0.6) is 0 Å². The van der Waals surface area contributed by atoms with Crippen molar-refractivity contribution in [3.8, 4) is 0 Å². The number of hydrogen-bond acceptors (Lipinski definition) is 5. The van der Waals surface area contributed by atoms with E-state index in [9.17, 15) is 0 Å². The fraction of sp³-hybridized carbons (Fsp3) is 0.556. The molecule has 0 amide bonds. The Balaban J connectivity index is 1.61. The van der Waals surface area contributed by atoms with Gasteiger partial charge < -0.3 is 19.8 Å².